The van der Waals surface area contributed by atoms with Crippen LogP contribution in [0.4, 0.5) is 0 Å². The van der Waals surface area contributed by atoms with Crippen molar-refractivity contribution in [3.8, 4) is 0 Å². The SMILES string of the molecule is CC(=NOC(=O)CCc1ccccc1)C(=O)c1ccccc1. The second-order valence-corrected chi connectivity index (χ2v) is 4.82. The zero-order chi connectivity index (χ0) is 15.8. The van der Waals surface area contributed by atoms with Gasteiger partial charge in [-0.2, -0.15) is 0 Å². The van der Waals surface area contributed by atoms with E-state index in [9.17, 15) is 9.59 Å². The smallest absolute Gasteiger partial charge is 0.318 e. The third kappa shape index (κ3) is 4.66. The van der Waals surface area contributed by atoms with Crippen molar-refractivity contribution in [2.75, 3.05) is 0 Å². The molecule has 2 rings (SSSR count). The fourth-order valence-electron chi connectivity index (χ4n) is 1.90. The van der Waals surface area contributed by atoms with Gasteiger partial charge >= 0.3 is 5.97 Å². The number of carbonyl (C=O) groups is 2. The van der Waals surface area contributed by atoms with Gasteiger partial charge in [-0.3, -0.25) is 4.79 Å². The molecule has 0 saturated heterocycles. The summed E-state index contributed by atoms with van der Waals surface area (Å²) in [6.07, 6.45) is 0.807. The summed E-state index contributed by atoms with van der Waals surface area (Å²) in [6, 6.07) is 18.4. The summed E-state index contributed by atoms with van der Waals surface area (Å²) in [6.45, 7) is 1.53. The molecule has 2 aromatic carbocycles. The number of hydrogen-bond acceptors (Lipinski definition) is 4. The van der Waals surface area contributed by atoms with Crippen LogP contribution in [0.1, 0.15) is 29.3 Å². The molecule has 0 radical (unpaired) electrons. The first kappa shape index (κ1) is 15.6. The fraction of sp³-hybridized carbons (Fsp3) is 0.167. The number of benzene rings is 2. The number of rotatable bonds is 6. The van der Waals surface area contributed by atoms with E-state index in [0.717, 1.165) is 5.56 Å². The van der Waals surface area contributed by atoms with Gasteiger partial charge in [0.1, 0.15) is 5.71 Å². The maximum Gasteiger partial charge on any atom is 0.335 e. The van der Waals surface area contributed by atoms with Gasteiger partial charge in [0, 0.05) is 5.56 Å². The average molecular weight is 295 g/mol. The van der Waals surface area contributed by atoms with E-state index in [1.807, 2.05) is 36.4 Å². The Morgan fingerprint density at radius 2 is 1.55 bits per heavy atom. The van der Waals surface area contributed by atoms with Crippen LogP contribution in [0, 0.1) is 0 Å². The Hall–Kier alpha value is -2.75. The van der Waals surface area contributed by atoms with E-state index in [1.54, 1.807) is 24.3 Å². The molecule has 112 valence electrons. The van der Waals surface area contributed by atoms with Gasteiger partial charge in [0.05, 0.1) is 6.42 Å². The van der Waals surface area contributed by atoms with Crippen molar-refractivity contribution in [3.63, 3.8) is 0 Å². The quantitative estimate of drug-likeness (QED) is 0.355. The Balaban J connectivity index is 1.85. The first-order valence-electron chi connectivity index (χ1n) is 7.05. The number of ketones is 1. The summed E-state index contributed by atoms with van der Waals surface area (Å²) in [5.41, 5.74) is 1.73. The van der Waals surface area contributed by atoms with Gasteiger partial charge in [-0.15, -0.1) is 0 Å². The molecule has 0 aromatic heterocycles. The van der Waals surface area contributed by atoms with E-state index in [1.165, 1.54) is 6.92 Å². The van der Waals surface area contributed by atoms with Crippen molar-refractivity contribution in [2.24, 2.45) is 5.16 Å². The molecule has 0 unspecified atom stereocenters. The lowest BCUT2D eigenvalue weighted by Crippen LogP contribution is -2.12. The zero-order valence-corrected chi connectivity index (χ0v) is 12.4. The maximum atomic E-state index is 12.0. The highest BCUT2D eigenvalue weighted by atomic mass is 16.7. The maximum absolute atomic E-state index is 12.0. The molecule has 0 heterocycles. The van der Waals surface area contributed by atoms with Gasteiger partial charge in [0.2, 0.25) is 5.78 Å². The largest absolute Gasteiger partial charge is 0.335 e. The van der Waals surface area contributed by atoms with Crippen molar-refractivity contribution in [3.05, 3.63) is 71.8 Å². The number of carbonyl (C=O) groups excluding carboxylic acids is 2. The minimum atomic E-state index is -0.455. The van der Waals surface area contributed by atoms with Gasteiger partial charge in [-0.1, -0.05) is 65.8 Å². The van der Waals surface area contributed by atoms with E-state index in [4.69, 9.17) is 4.84 Å². The van der Waals surface area contributed by atoms with Gasteiger partial charge < -0.3 is 4.84 Å². The summed E-state index contributed by atoms with van der Waals surface area (Å²) in [7, 11) is 0. The predicted octanol–water partition coefficient (Wildman–Crippen LogP) is 3.42. The van der Waals surface area contributed by atoms with Gasteiger partial charge in [0.25, 0.3) is 0 Å². The molecule has 0 aliphatic heterocycles. The summed E-state index contributed by atoms with van der Waals surface area (Å²) in [5.74, 6) is -0.708. The van der Waals surface area contributed by atoms with E-state index < -0.39 is 5.97 Å². The molecule has 22 heavy (non-hydrogen) atoms. The molecule has 2 aromatic rings. The number of nitrogens with zero attached hydrogens (tertiary/aromatic N) is 1. The molecule has 4 nitrogen and oxygen atoms in total. The molecule has 0 atom stereocenters. The van der Waals surface area contributed by atoms with E-state index in [-0.39, 0.29) is 17.9 Å². The molecule has 0 fully saturated rings. The minimum absolute atomic E-state index is 0.152. The monoisotopic (exact) mass is 295 g/mol. The summed E-state index contributed by atoms with van der Waals surface area (Å²) in [4.78, 5) is 28.5. The third-order valence-electron chi connectivity index (χ3n) is 3.11. The Bertz CT molecular complexity index is 663. The zero-order valence-electron chi connectivity index (χ0n) is 12.4. The van der Waals surface area contributed by atoms with Crippen LogP contribution in [-0.2, 0) is 16.1 Å². The van der Waals surface area contributed by atoms with Crippen LogP contribution in [0.25, 0.3) is 0 Å². The van der Waals surface area contributed by atoms with E-state index in [2.05, 4.69) is 5.16 Å². The van der Waals surface area contributed by atoms with Crippen molar-refractivity contribution in [1.29, 1.82) is 0 Å². The second-order valence-electron chi connectivity index (χ2n) is 4.82. The van der Waals surface area contributed by atoms with Crippen LogP contribution in [0.15, 0.2) is 65.8 Å². The van der Waals surface area contributed by atoms with Crippen molar-refractivity contribution in [1.82, 2.24) is 0 Å². The van der Waals surface area contributed by atoms with E-state index in [0.29, 0.717) is 12.0 Å². The van der Waals surface area contributed by atoms with Gasteiger partial charge in [0.15, 0.2) is 0 Å². The molecule has 0 N–H and O–H groups in total. The lowest BCUT2D eigenvalue weighted by molar-refractivity contribution is -0.143. The van der Waals surface area contributed by atoms with E-state index >= 15 is 0 Å². The topological polar surface area (TPSA) is 55.7 Å². The van der Waals surface area contributed by atoms with Crippen molar-refractivity contribution in [2.45, 2.75) is 19.8 Å². The number of aryl methyl sites for hydroxylation is 1. The molecule has 0 spiro atoms. The first-order valence-corrected chi connectivity index (χ1v) is 7.05. The van der Waals surface area contributed by atoms with Crippen LogP contribution in [0.2, 0.25) is 0 Å². The molecule has 0 aliphatic rings. The molecule has 4 heteroatoms. The van der Waals surface area contributed by atoms with Gasteiger partial charge in [-0.25, -0.2) is 4.79 Å². The highest BCUT2D eigenvalue weighted by Crippen LogP contribution is 2.05. The summed E-state index contributed by atoms with van der Waals surface area (Å²) < 4.78 is 0. The van der Waals surface area contributed by atoms with Crippen molar-refractivity contribution < 1.29 is 14.4 Å². The number of hydrogen-bond donors (Lipinski definition) is 0. The van der Waals surface area contributed by atoms with Gasteiger partial charge in [-0.05, 0) is 18.9 Å². The fourth-order valence-corrected chi connectivity index (χ4v) is 1.90. The van der Waals surface area contributed by atoms with Crippen LogP contribution >= 0.6 is 0 Å². The predicted molar refractivity (Wildman–Crippen MR) is 84.7 cm³/mol. The Kier molecular flexibility index (Phi) is 5.60. The van der Waals surface area contributed by atoms with Crippen molar-refractivity contribution >= 4 is 17.5 Å². The standard InChI is InChI=1S/C18H17NO3/c1-14(18(21)16-10-6-3-7-11-16)19-22-17(20)13-12-15-8-4-2-5-9-15/h2-11H,12-13H2,1H3. The second kappa shape index (κ2) is 7.88. The Morgan fingerprint density at radius 1 is 0.955 bits per heavy atom. The van der Waals surface area contributed by atoms with Crippen LogP contribution in [0.3, 0.4) is 0 Å². The molecular formula is C18H17NO3. The highest BCUT2D eigenvalue weighted by Gasteiger charge is 2.11. The van der Waals surface area contributed by atoms with Crippen LogP contribution in [-0.4, -0.2) is 17.5 Å². The highest BCUT2D eigenvalue weighted by molar-refractivity contribution is 6.45. The Labute approximate surface area is 129 Å². The Morgan fingerprint density at radius 3 is 2.18 bits per heavy atom. The van der Waals surface area contributed by atoms with Crippen LogP contribution in [0.5, 0.6) is 0 Å². The van der Waals surface area contributed by atoms with Crippen LogP contribution < -0.4 is 0 Å². The summed E-state index contributed by atoms with van der Waals surface area (Å²) in [5, 5.41) is 3.63. The molecular weight excluding hydrogens is 278 g/mol. The molecule has 0 amide bonds. The molecule has 0 saturated carbocycles. The third-order valence-corrected chi connectivity index (χ3v) is 3.11. The number of oxime groups is 1. The number of Topliss-reactive ketones (excluding diaryl/α,β-unsaturated/α-hetero) is 1. The lowest BCUT2D eigenvalue weighted by Gasteiger charge is -2.01. The first-order chi connectivity index (χ1) is 10.7. The molecule has 0 aliphatic carbocycles. The molecule has 0 bridgehead atoms. The lowest BCUT2D eigenvalue weighted by atomic mass is 10.1. The summed E-state index contributed by atoms with van der Waals surface area (Å²) >= 11 is 0. The normalized spacial score (nSPS) is 11.0. The minimum Gasteiger partial charge on any atom is -0.318 e. The average Bonchev–Trinajstić information content (AvgIpc) is 2.58.